The van der Waals surface area contributed by atoms with Crippen molar-refractivity contribution in [1.82, 2.24) is 24.8 Å². The number of carbonyl (C=O) groups excluding carboxylic acids is 1. The van der Waals surface area contributed by atoms with Gasteiger partial charge in [-0.3, -0.25) is 14.7 Å². The zero-order valence-corrected chi connectivity index (χ0v) is 21.9. The molecule has 38 heavy (non-hydrogen) atoms. The van der Waals surface area contributed by atoms with Gasteiger partial charge in [0.05, 0.1) is 17.1 Å². The molecule has 2 aromatic heterocycles. The van der Waals surface area contributed by atoms with Gasteiger partial charge in [0.1, 0.15) is 0 Å². The molecule has 3 N–H and O–H groups in total. The topological polar surface area (TPSA) is 100 Å². The van der Waals surface area contributed by atoms with E-state index in [0.717, 1.165) is 55.1 Å². The van der Waals surface area contributed by atoms with Crippen molar-refractivity contribution in [3.63, 3.8) is 0 Å². The van der Waals surface area contributed by atoms with Crippen molar-refractivity contribution < 1.29 is 4.79 Å². The SMILES string of the molecule is Cc1c(-c2nccc(-c3cccnc3)n2)ccc(NC(=O)c2ccc(CN3CCCN(C)CC3)cc2)c1N. The predicted molar refractivity (Wildman–Crippen MR) is 152 cm³/mol. The van der Waals surface area contributed by atoms with E-state index in [0.29, 0.717) is 22.8 Å². The third kappa shape index (κ3) is 5.88. The first kappa shape index (κ1) is 25.5. The number of nitrogens with one attached hydrogen (secondary N) is 1. The first-order valence-electron chi connectivity index (χ1n) is 12.9. The number of carbonyl (C=O) groups is 1. The molecule has 0 saturated carbocycles. The van der Waals surface area contributed by atoms with E-state index in [1.54, 1.807) is 24.7 Å². The molecule has 1 amide bonds. The Hall–Kier alpha value is -4.14. The van der Waals surface area contributed by atoms with Crippen LogP contribution in [-0.2, 0) is 6.54 Å². The lowest BCUT2D eigenvalue weighted by Gasteiger charge is -2.20. The van der Waals surface area contributed by atoms with Crippen LogP contribution in [0, 0.1) is 6.92 Å². The van der Waals surface area contributed by atoms with Gasteiger partial charge in [-0.1, -0.05) is 12.1 Å². The highest BCUT2D eigenvalue weighted by atomic mass is 16.1. The Morgan fingerprint density at radius 1 is 1.00 bits per heavy atom. The van der Waals surface area contributed by atoms with Crippen LogP contribution in [0.5, 0.6) is 0 Å². The minimum Gasteiger partial charge on any atom is -0.397 e. The number of rotatable bonds is 6. The van der Waals surface area contributed by atoms with E-state index in [9.17, 15) is 4.79 Å². The second-order valence-electron chi connectivity index (χ2n) is 9.79. The van der Waals surface area contributed by atoms with Gasteiger partial charge in [-0.25, -0.2) is 9.97 Å². The van der Waals surface area contributed by atoms with Crippen molar-refractivity contribution in [2.75, 3.05) is 44.3 Å². The molecule has 1 aliphatic heterocycles. The molecule has 4 aromatic rings. The van der Waals surface area contributed by atoms with Crippen LogP contribution in [-0.4, -0.2) is 63.9 Å². The molecule has 0 bridgehead atoms. The number of pyridine rings is 1. The summed E-state index contributed by atoms with van der Waals surface area (Å²) in [5, 5.41) is 2.97. The van der Waals surface area contributed by atoms with Crippen LogP contribution in [0.4, 0.5) is 11.4 Å². The van der Waals surface area contributed by atoms with Gasteiger partial charge in [0.15, 0.2) is 5.82 Å². The number of likely N-dealkylation sites (N-methyl/N-ethyl adjacent to an activating group) is 1. The number of benzene rings is 2. The van der Waals surface area contributed by atoms with Crippen molar-refractivity contribution in [2.45, 2.75) is 19.9 Å². The quantitative estimate of drug-likeness (QED) is 0.371. The van der Waals surface area contributed by atoms with Gasteiger partial charge in [-0.15, -0.1) is 0 Å². The fraction of sp³-hybridized carbons (Fsp3) is 0.267. The lowest BCUT2D eigenvalue weighted by Crippen LogP contribution is -2.28. The Bertz CT molecular complexity index is 1410. The summed E-state index contributed by atoms with van der Waals surface area (Å²) in [5.41, 5.74) is 12.6. The highest BCUT2D eigenvalue weighted by molar-refractivity contribution is 6.06. The first-order valence-corrected chi connectivity index (χ1v) is 12.9. The van der Waals surface area contributed by atoms with Gasteiger partial charge in [-0.05, 0) is 87.1 Å². The number of nitrogens with two attached hydrogens (primary N) is 1. The highest BCUT2D eigenvalue weighted by Gasteiger charge is 2.16. The van der Waals surface area contributed by atoms with Crippen LogP contribution in [0.25, 0.3) is 22.6 Å². The van der Waals surface area contributed by atoms with Gasteiger partial charge in [0.2, 0.25) is 0 Å². The number of nitrogens with zero attached hydrogens (tertiary/aromatic N) is 5. The maximum absolute atomic E-state index is 13.0. The number of aromatic nitrogens is 3. The summed E-state index contributed by atoms with van der Waals surface area (Å²) in [6.45, 7) is 7.20. The minimum absolute atomic E-state index is 0.193. The van der Waals surface area contributed by atoms with Crippen molar-refractivity contribution in [1.29, 1.82) is 0 Å². The summed E-state index contributed by atoms with van der Waals surface area (Å²) in [4.78, 5) is 31.2. The largest absolute Gasteiger partial charge is 0.397 e. The molecule has 5 rings (SSSR count). The predicted octanol–water partition coefficient (Wildman–Crippen LogP) is 4.49. The van der Waals surface area contributed by atoms with E-state index in [1.807, 2.05) is 55.5 Å². The molecule has 1 aliphatic rings. The lowest BCUT2D eigenvalue weighted by molar-refractivity contribution is 0.102. The molecule has 8 heteroatoms. The average molecular weight is 508 g/mol. The van der Waals surface area contributed by atoms with Crippen molar-refractivity contribution in [3.05, 3.63) is 89.9 Å². The summed E-state index contributed by atoms with van der Waals surface area (Å²) >= 11 is 0. The number of hydrogen-bond donors (Lipinski definition) is 2. The molecule has 0 spiro atoms. The molecule has 194 valence electrons. The van der Waals surface area contributed by atoms with E-state index in [-0.39, 0.29) is 5.91 Å². The molecule has 1 fully saturated rings. The fourth-order valence-electron chi connectivity index (χ4n) is 4.72. The third-order valence-electron chi connectivity index (χ3n) is 7.05. The molecular formula is C30H33N7O. The van der Waals surface area contributed by atoms with Gasteiger partial charge < -0.3 is 16.0 Å². The Morgan fingerprint density at radius 3 is 2.63 bits per heavy atom. The molecule has 1 saturated heterocycles. The van der Waals surface area contributed by atoms with E-state index in [2.05, 4.69) is 32.1 Å². The maximum Gasteiger partial charge on any atom is 0.255 e. The summed E-state index contributed by atoms with van der Waals surface area (Å²) < 4.78 is 0. The smallest absolute Gasteiger partial charge is 0.255 e. The molecule has 3 heterocycles. The van der Waals surface area contributed by atoms with E-state index in [4.69, 9.17) is 10.7 Å². The van der Waals surface area contributed by atoms with Crippen LogP contribution in [0.2, 0.25) is 0 Å². The van der Waals surface area contributed by atoms with Gasteiger partial charge >= 0.3 is 0 Å². The van der Waals surface area contributed by atoms with E-state index >= 15 is 0 Å². The highest BCUT2D eigenvalue weighted by Crippen LogP contribution is 2.32. The lowest BCUT2D eigenvalue weighted by atomic mass is 10.0. The zero-order chi connectivity index (χ0) is 26.5. The van der Waals surface area contributed by atoms with Crippen molar-refractivity contribution >= 4 is 17.3 Å². The van der Waals surface area contributed by atoms with Crippen LogP contribution in [0.1, 0.15) is 27.9 Å². The molecule has 8 nitrogen and oxygen atoms in total. The summed E-state index contributed by atoms with van der Waals surface area (Å²) in [6.07, 6.45) is 6.41. The Balaban J connectivity index is 1.28. The molecule has 2 aromatic carbocycles. The number of amides is 1. The van der Waals surface area contributed by atoms with Crippen LogP contribution < -0.4 is 11.1 Å². The van der Waals surface area contributed by atoms with Crippen LogP contribution in [0.15, 0.2) is 73.2 Å². The fourth-order valence-corrected chi connectivity index (χ4v) is 4.72. The van der Waals surface area contributed by atoms with Gasteiger partial charge in [0, 0.05) is 54.9 Å². The number of hydrogen-bond acceptors (Lipinski definition) is 7. The third-order valence-corrected chi connectivity index (χ3v) is 7.05. The van der Waals surface area contributed by atoms with E-state index in [1.165, 1.54) is 12.0 Å². The summed E-state index contributed by atoms with van der Waals surface area (Å²) in [7, 11) is 2.17. The number of anilines is 2. The van der Waals surface area contributed by atoms with Crippen molar-refractivity contribution in [3.8, 4) is 22.6 Å². The van der Waals surface area contributed by atoms with Gasteiger partial charge in [0.25, 0.3) is 5.91 Å². The normalized spacial score (nSPS) is 14.7. The average Bonchev–Trinajstić information content (AvgIpc) is 3.16. The second kappa shape index (κ2) is 11.5. The summed E-state index contributed by atoms with van der Waals surface area (Å²) in [6, 6.07) is 17.2. The molecule has 0 radical (unpaired) electrons. The number of nitrogen functional groups attached to an aromatic ring is 1. The summed E-state index contributed by atoms with van der Waals surface area (Å²) in [5.74, 6) is 0.377. The van der Waals surface area contributed by atoms with Crippen LogP contribution in [0.3, 0.4) is 0 Å². The standard InChI is InChI=1S/C30H33N7O/c1-21-25(29-33-14-12-26(34-29)24-5-3-13-32-19-24)10-11-27(28(21)31)35-30(38)23-8-6-22(7-9-23)20-37-16-4-15-36(2)17-18-37/h3,5-14,19H,4,15-18,20,31H2,1-2H3,(H,35,38). The second-order valence-corrected chi connectivity index (χ2v) is 9.79. The Labute approximate surface area is 223 Å². The maximum atomic E-state index is 13.0. The Morgan fingerprint density at radius 2 is 1.84 bits per heavy atom. The molecule has 0 aliphatic carbocycles. The molecule has 0 atom stereocenters. The van der Waals surface area contributed by atoms with E-state index < -0.39 is 0 Å². The molecule has 0 unspecified atom stereocenters. The zero-order valence-electron chi connectivity index (χ0n) is 21.9. The Kier molecular flexibility index (Phi) is 7.72. The van der Waals surface area contributed by atoms with Gasteiger partial charge in [-0.2, -0.15) is 0 Å². The molecular weight excluding hydrogens is 474 g/mol. The first-order chi connectivity index (χ1) is 18.5. The van der Waals surface area contributed by atoms with Crippen molar-refractivity contribution in [2.24, 2.45) is 0 Å². The minimum atomic E-state index is -0.193. The monoisotopic (exact) mass is 507 g/mol. The van der Waals surface area contributed by atoms with Crippen LogP contribution >= 0.6 is 0 Å².